The molecule has 0 unspecified atom stereocenters. The van der Waals surface area contributed by atoms with Crippen LogP contribution in [-0.4, -0.2) is 12.3 Å². The van der Waals surface area contributed by atoms with Gasteiger partial charge in [-0.05, 0) is 24.1 Å². The fourth-order valence-electron chi connectivity index (χ4n) is 1.08. The molecule has 0 aliphatic carbocycles. The van der Waals surface area contributed by atoms with Gasteiger partial charge < -0.3 is 5.73 Å². The molecule has 13 heavy (non-hydrogen) atoms. The molecule has 0 saturated heterocycles. The number of carbonyl (C=O) groups is 1. The van der Waals surface area contributed by atoms with Crippen LogP contribution in [0.25, 0.3) is 0 Å². The smallest absolute Gasteiger partial charge is 0.146 e. The van der Waals surface area contributed by atoms with Crippen LogP contribution in [0.15, 0.2) is 28.7 Å². The van der Waals surface area contributed by atoms with Gasteiger partial charge in [-0.2, -0.15) is 0 Å². The molecule has 0 atom stereocenters. The summed E-state index contributed by atoms with van der Waals surface area (Å²) in [5, 5.41) is 0. The van der Waals surface area contributed by atoms with E-state index in [-0.39, 0.29) is 12.3 Å². The summed E-state index contributed by atoms with van der Waals surface area (Å²) in [4.78, 5) is 10.9. The molecular weight excluding hydrogens is 230 g/mol. The van der Waals surface area contributed by atoms with E-state index in [0.29, 0.717) is 6.42 Å². The third-order valence-corrected chi connectivity index (χ3v) is 2.30. The summed E-state index contributed by atoms with van der Waals surface area (Å²) in [6.45, 7) is 0.147. The highest BCUT2D eigenvalue weighted by molar-refractivity contribution is 9.10. The molecule has 1 aromatic carbocycles. The van der Waals surface area contributed by atoms with E-state index in [9.17, 15) is 4.79 Å². The van der Waals surface area contributed by atoms with E-state index < -0.39 is 0 Å². The first-order valence-electron chi connectivity index (χ1n) is 4.18. The van der Waals surface area contributed by atoms with Gasteiger partial charge in [0.2, 0.25) is 0 Å². The van der Waals surface area contributed by atoms with E-state index in [4.69, 9.17) is 5.73 Å². The summed E-state index contributed by atoms with van der Waals surface area (Å²) in [5.74, 6) is 0.111. The van der Waals surface area contributed by atoms with Crippen molar-refractivity contribution in [3.05, 3.63) is 34.3 Å². The fourth-order valence-corrected chi connectivity index (χ4v) is 1.52. The summed E-state index contributed by atoms with van der Waals surface area (Å²) in [5.41, 5.74) is 6.37. The van der Waals surface area contributed by atoms with Gasteiger partial charge in [0.1, 0.15) is 5.78 Å². The standard InChI is InChI=1S/C10H12BrNO/c11-9-3-1-2-8(6-9)4-5-10(13)7-12/h1-3,6H,4-5,7,12H2. The SMILES string of the molecule is NCC(=O)CCc1cccc(Br)c1. The summed E-state index contributed by atoms with van der Waals surface area (Å²) in [6, 6.07) is 7.96. The maximum absolute atomic E-state index is 10.9. The van der Waals surface area contributed by atoms with E-state index in [0.717, 1.165) is 16.5 Å². The molecule has 0 saturated carbocycles. The highest BCUT2D eigenvalue weighted by Gasteiger charge is 1.99. The molecule has 0 bridgehead atoms. The van der Waals surface area contributed by atoms with Crippen LogP contribution in [0.1, 0.15) is 12.0 Å². The lowest BCUT2D eigenvalue weighted by atomic mass is 10.1. The Bertz CT molecular complexity index is 299. The van der Waals surface area contributed by atoms with Crippen molar-refractivity contribution in [1.29, 1.82) is 0 Å². The molecule has 3 heteroatoms. The lowest BCUT2D eigenvalue weighted by Crippen LogP contribution is -2.13. The Morgan fingerprint density at radius 1 is 1.46 bits per heavy atom. The lowest BCUT2D eigenvalue weighted by molar-refractivity contribution is -0.117. The highest BCUT2D eigenvalue weighted by atomic mass is 79.9. The van der Waals surface area contributed by atoms with Crippen LogP contribution in [0.2, 0.25) is 0 Å². The molecular formula is C10H12BrNO. The first kappa shape index (κ1) is 10.4. The Balaban J connectivity index is 2.50. The summed E-state index contributed by atoms with van der Waals surface area (Å²) >= 11 is 3.38. The molecule has 0 aliphatic heterocycles. The maximum atomic E-state index is 10.9. The minimum Gasteiger partial charge on any atom is -0.324 e. The van der Waals surface area contributed by atoms with E-state index in [1.54, 1.807) is 0 Å². The number of ketones is 1. The van der Waals surface area contributed by atoms with E-state index in [1.807, 2.05) is 24.3 Å². The fraction of sp³-hybridized carbons (Fsp3) is 0.300. The molecule has 70 valence electrons. The van der Waals surface area contributed by atoms with Crippen molar-refractivity contribution >= 4 is 21.7 Å². The van der Waals surface area contributed by atoms with Crippen LogP contribution >= 0.6 is 15.9 Å². The largest absolute Gasteiger partial charge is 0.324 e. The van der Waals surface area contributed by atoms with Gasteiger partial charge in [-0.3, -0.25) is 4.79 Å². The van der Waals surface area contributed by atoms with Crippen molar-refractivity contribution in [3.63, 3.8) is 0 Å². The van der Waals surface area contributed by atoms with Crippen LogP contribution in [0, 0.1) is 0 Å². The van der Waals surface area contributed by atoms with Gasteiger partial charge in [0.05, 0.1) is 6.54 Å². The summed E-state index contributed by atoms with van der Waals surface area (Å²) in [7, 11) is 0. The Morgan fingerprint density at radius 3 is 2.85 bits per heavy atom. The molecule has 0 aliphatic rings. The molecule has 1 rings (SSSR count). The van der Waals surface area contributed by atoms with Gasteiger partial charge in [-0.1, -0.05) is 28.1 Å². The predicted molar refractivity (Wildman–Crippen MR) is 56.5 cm³/mol. The number of hydrogen-bond acceptors (Lipinski definition) is 2. The minimum atomic E-state index is 0.111. The number of nitrogens with two attached hydrogens (primary N) is 1. The summed E-state index contributed by atoms with van der Waals surface area (Å²) in [6.07, 6.45) is 1.31. The molecule has 0 heterocycles. The normalized spacial score (nSPS) is 10.0. The van der Waals surface area contributed by atoms with E-state index >= 15 is 0 Å². The molecule has 1 aromatic rings. The zero-order valence-electron chi connectivity index (χ0n) is 7.29. The van der Waals surface area contributed by atoms with Crippen molar-refractivity contribution in [1.82, 2.24) is 0 Å². The molecule has 0 aromatic heterocycles. The number of rotatable bonds is 4. The van der Waals surface area contributed by atoms with Gasteiger partial charge >= 0.3 is 0 Å². The number of carbonyl (C=O) groups excluding carboxylic acids is 1. The average molecular weight is 242 g/mol. The lowest BCUT2D eigenvalue weighted by Gasteiger charge is -2.00. The molecule has 0 radical (unpaired) electrons. The molecule has 0 spiro atoms. The zero-order valence-corrected chi connectivity index (χ0v) is 8.88. The van der Waals surface area contributed by atoms with Crippen LogP contribution < -0.4 is 5.73 Å². The highest BCUT2D eigenvalue weighted by Crippen LogP contribution is 2.12. The van der Waals surface area contributed by atoms with Crippen LogP contribution in [0.5, 0.6) is 0 Å². The molecule has 2 nitrogen and oxygen atoms in total. The van der Waals surface area contributed by atoms with Crippen molar-refractivity contribution in [2.75, 3.05) is 6.54 Å². The number of hydrogen-bond donors (Lipinski definition) is 1. The van der Waals surface area contributed by atoms with E-state index in [2.05, 4.69) is 15.9 Å². The Morgan fingerprint density at radius 2 is 2.23 bits per heavy atom. The first-order valence-corrected chi connectivity index (χ1v) is 4.98. The number of halogens is 1. The number of aryl methyl sites for hydroxylation is 1. The van der Waals surface area contributed by atoms with Gasteiger partial charge in [0, 0.05) is 10.9 Å². The van der Waals surface area contributed by atoms with Gasteiger partial charge in [-0.25, -0.2) is 0 Å². The number of benzene rings is 1. The van der Waals surface area contributed by atoms with Gasteiger partial charge in [0.25, 0.3) is 0 Å². The average Bonchev–Trinajstić information content (AvgIpc) is 2.14. The van der Waals surface area contributed by atoms with Crippen molar-refractivity contribution < 1.29 is 4.79 Å². The van der Waals surface area contributed by atoms with Crippen LogP contribution in [0.4, 0.5) is 0 Å². The quantitative estimate of drug-likeness (QED) is 0.876. The maximum Gasteiger partial charge on any atom is 0.146 e. The first-order chi connectivity index (χ1) is 6.22. The molecule has 0 fully saturated rings. The second-order valence-electron chi connectivity index (χ2n) is 2.87. The topological polar surface area (TPSA) is 43.1 Å². The van der Waals surface area contributed by atoms with Crippen LogP contribution in [0.3, 0.4) is 0 Å². The third kappa shape index (κ3) is 3.70. The third-order valence-electron chi connectivity index (χ3n) is 1.81. The number of Topliss-reactive ketones (excluding diaryl/α,β-unsaturated/α-hetero) is 1. The summed E-state index contributed by atoms with van der Waals surface area (Å²) < 4.78 is 1.05. The zero-order chi connectivity index (χ0) is 9.68. The Kier molecular flexibility index (Phi) is 4.12. The van der Waals surface area contributed by atoms with Crippen molar-refractivity contribution in [2.45, 2.75) is 12.8 Å². The molecule has 2 N–H and O–H groups in total. The van der Waals surface area contributed by atoms with E-state index in [1.165, 1.54) is 0 Å². The van der Waals surface area contributed by atoms with Gasteiger partial charge in [-0.15, -0.1) is 0 Å². The second kappa shape index (κ2) is 5.14. The molecule has 0 amide bonds. The Labute approximate surface area is 86.3 Å². The van der Waals surface area contributed by atoms with Crippen molar-refractivity contribution in [3.8, 4) is 0 Å². The van der Waals surface area contributed by atoms with Gasteiger partial charge in [0.15, 0.2) is 0 Å². The van der Waals surface area contributed by atoms with Crippen molar-refractivity contribution in [2.24, 2.45) is 5.73 Å². The predicted octanol–water partition coefficient (Wildman–Crippen LogP) is 1.91. The Hall–Kier alpha value is -0.670. The second-order valence-corrected chi connectivity index (χ2v) is 3.79. The monoisotopic (exact) mass is 241 g/mol. The van der Waals surface area contributed by atoms with Crippen LogP contribution in [-0.2, 0) is 11.2 Å². The minimum absolute atomic E-state index is 0.111.